The highest BCUT2D eigenvalue weighted by molar-refractivity contribution is 9.11. The first-order chi connectivity index (χ1) is 7.59. The highest BCUT2D eigenvalue weighted by atomic mass is 79.9. The number of benzene rings is 1. The highest BCUT2D eigenvalue weighted by Crippen LogP contribution is 2.37. The number of pyridine rings is 1. The average Bonchev–Trinajstić information content (AvgIpc) is 2.24. The Labute approximate surface area is 109 Å². The lowest BCUT2D eigenvalue weighted by molar-refractivity contribution is 0.628. The second kappa shape index (κ2) is 4.51. The van der Waals surface area contributed by atoms with E-state index in [9.17, 15) is 4.39 Å². The van der Waals surface area contributed by atoms with Crippen LogP contribution in [-0.2, 0) is 0 Å². The van der Waals surface area contributed by atoms with Crippen LogP contribution in [0.1, 0.15) is 0 Å². The van der Waals surface area contributed by atoms with E-state index < -0.39 is 0 Å². The molecular formula is C11H7Br2FN2. The molecule has 0 amide bonds. The van der Waals surface area contributed by atoms with Crippen molar-refractivity contribution < 1.29 is 4.39 Å². The largest absolute Gasteiger partial charge is 0.383 e. The zero-order chi connectivity index (χ0) is 11.7. The third kappa shape index (κ3) is 2.10. The van der Waals surface area contributed by atoms with Crippen LogP contribution in [0.5, 0.6) is 0 Å². The van der Waals surface area contributed by atoms with Crippen molar-refractivity contribution in [1.29, 1.82) is 0 Å². The molecule has 0 aliphatic carbocycles. The molecule has 0 radical (unpaired) electrons. The summed E-state index contributed by atoms with van der Waals surface area (Å²) in [6.07, 6.45) is 1.60. The summed E-state index contributed by atoms with van der Waals surface area (Å²) in [5, 5.41) is 0. The van der Waals surface area contributed by atoms with E-state index in [0.29, 0.717) is 10.3 Å². The van der Waals surface area contributed by atoms with Crippen LogP contribution in [-0.4, -0.2) is 4.98 Å². The van der Waals surface area contributed by atoms with Crippen molar-refractivity contribution in [3.8, 4) is 11.1 Å². The van der Waals surface area contributed by atoms with Crippen LogP contribution in [0, 0.1) is 5.82 Å². The van der Waals surface area contributed by atoms with Gasteiger partial charge < -0.3 is 5.73 Å². The summed E-state index contributed by atoms with van der Waals surface area (Å²) < 4.78 is 14.6. The first kappa shape index (κ1) is 11.5. The molecule has 16 heavy (non-hydrogen) atoms. The Hall–Kier alpha value is -0.940. The maximum atomic E-state index is 13.1. The van der Waals surface area contributed by atoms with Gasteiger partial charge in [-0.3, -0.25) is 0 Å². The first-order valence-electron chi connectivity index (χ1n) is 4.45. The second-order valence-electron chi connectivity index (χ2n) is 3.19. The molecule has 2 N–H and O–H groups in total. The molecule has 1 aromatic heterocycles. The standard InChI is InChI=1S/C11H7Br2FN2/c12-8-5-16-11(15)10(13)9(8)6-2-1-3-7(14)4-6/h1-5H,(H2,15,16). The Morgan fingerprint density at radius 2 is 2.00 bits per heavy atom. The molecule has 1 aromatic carbocycles. The van der Waals surface area contributed by atoms with E-state index in [0.717, 1.165) is 15.6 Å². The minimum absolute atomic E-state index is 0.285. The van der Waals surface area contributed by atoms with Gasteiger partial charge in [-0.05, 0) is 49.6 Å². The fourth-order valence-electron chi connectivity index (χ4n) is 1.39. The van der Waals surface area contributed by atoms with E-state index in [1.807, 2.05) is 6.07 Å². The first-order valence-corrected chi connectivity index (χ1v) is 6.03. The van der Waals surface area contributed by atoms with Gasteiger partial charge in [-0.15, -0.1) is 0 Å². The highest BCUT2D eigenvalue weighted by Gasteiger charge is 2.11. The van der Waals surface area contributed by atoms with Crippen molar-refractivity contribution in [1.82, 2.24) is 4.98 Å². The zero-order valence-corrected chi connectivity index (χ0v) is 11.2. The van der Waals surface area contributed by atoms with Crippen LogP contribution in [0.3, 0.4) is 0 Å². The van der Waals surface area contributed by atoms with Crippen LogP contribution in [0.25, 0.3) is 11.1 Å². The lowest BCUT2D eigenvalue weighted by Gasteiger charge is -2.09. The summed E-state index contributed by atoms with van der Waals surface area (Å²) in [5.41, 5.74) is 7.23. The fraction of sp³-hybridized carbons (Fsp3) is 0. The number of halogens is 3. The maximum Gasteiger partial charge on any atom is 0.138 e. The van der Waals surface area contributed by atoms with Crippen LogP contribution in [0.4, 0.5) is 10.2 Å². The monoisotopic (exact) mass is 344 g/mol. The molecule has 82 valence electrons. The zero-order valence-electron chi connectivity index (χ0n) is 8.05. The summed E-state index contributed by atoms with van der Waals surface area (Å²) in [5.74, 6) is 0.0918. The van der Waals surface area contributed by atoms with Crippen molar-refractivity contribution in [2.45, 2.75) is 0 Å². The van der Waals surface area contributed by atoms with Gasteiger partial charge in [0.05, 0.1) is 4.47 Å². The second-order valence-corrected chi connectivity index (χ2v) is 4.84. The Morgan fingerprint density at radius 1 is 1.25 bits per heavy atom. The van der Waals surface area contributed by atoms with Crippen LogP contribution in [0.15, 0.2) is 39.4 Å². The van der Waals surface area contributed by atoms with E-state index >= 15 is 0 Å². The normalized spacial score (nSPS) is 10.4. The SMILES string of the molecule is Nc1ncc(Br)c(-c2cccc(F)c2)c1Br. The lowest BCUT2D eigenvalue weighted by atomic mass is 10.1. The molecule has 0 atom stereocenters. The van der Waals surface area contributed by atoms with E-state index in [2.05, 4.69) is 36.8 Å². The van der Waals surface area contributed by atoms with Gasteiger partial charge in [0.25, 0.3) is 0 Å². The number of nitrogen functional groups attached to an aromatic ring is 1. The fourth-order valence-corrected chi connectivity index (χ4v) is 2.73. The number of hydrogen-bond donors (Lipinski definition) is 1. The molecule has 0 saturated carbocycles. The quantitative estimate of drug-likeness (QED) is 0.848. The minimum Gasteiger partial charge on any atom is -0.383 e. The van der Waals surface area contributed by atoms with Crippen molar-refractivity contribution >= 4 is 37.7 Å². The van der Waals surface area contributed by atoms with E-state index in [1.165, 1.54) is 12.1 Å². The molecule has 2 nitrogen and oxygen atoms in total. The molecule has 0 unspecified atom stereocenters. The molecule has 0 aliphatic heterocycles. The van der Waals surface area contributed by atoms with Crippen LogP contribution < -0.4 is 5.73 Å². The lowest BCUT2D eigenvalue weighted by Crippen LogP contribution is -1.94. The molecule has 1 heterocycles. The van der Waals surface area contributed by atoms with Crippen LogP contribution in [0.2, 0.25) is 0 Å². The number of rotatable bonds is 1. The molecule has 0 fully saturated rings. The molecular weight excluding hydrogens is 339 g/mol. The van der Waals surface area contributed by atoms with Crippen LogP contribution >= 0.6 is 31.9 Å². The van der Waals surface area contributed by atoms with E-state index in [-0.39, 0.29) is 5.82 Å². The van der Waals surface area contributed by atoms with Gasteiger partial charge in [-0.2, -0.15) is 0 Å². The topological polar surface area (TPSA) is 38.9 Å². The summed E-state index contributed by atoms with van der Waals surface area (Å²) in [4.78, 5) is 3.98. The summed E-state index contributed by atoms with van der Waals surface area (Å²) in [6.45, 7) is 0. The number of nitrogens with two attached hydrogens (primary N) is 1. The number of hydrogen-bond acceptors (Lipinski definition) is 2. The smallest absolute Gasteiger partial charge is 0.138 e. The van der Waals surface area contributed by atoms with Gasteiger partial charge in [0.15, 0.2) is 0 Å². The minimum atomic E-state index is -0.285. The van der Waals surface area contributed by atoms with Gasteiger partial charge in [0.1, 0.15) is 11.6 Å². The Kier molecular flexibility index (Phi) is 3.25. The molecule has 2 rings (SSSR count). The van der Waals surface area contributed by atoms with Crippen molar-refractivity contribution in [2.75, 3.05) is 5.73 Å². The summed E-state index contributed by atoms with van der Waals surface area (Å²) in [7, 11) is 0. The molecule has 0 aliphatic rings. The van der Waals surface area contributed by atoms with E-state index in [1.54, 1.807) is 12.3 Å². The number of anilines is 1. The predicted molar refractivity (Wildman–Crippen MR) is 69.4 cm³/mol. The van der Waals surface area contributed by atoms with Gasteiger partial charge in [0, 0.05) is 16.2 Å². The van der Waals surface area contributed by atoms with Gasteiger partial charge >= 0.3 is 0 Å². The van der Waals surface area contributed by atoms with Crippen molar-refractivity contribution in [3.63, 3.8) is 0 Å². The van der Waals surface area contributed by atoms with Crippen molar-refractivity contribution in [3.05, 3.63) is 45.2 Å². The molecule has 0 bridgehead atoms. The molecule has 5 heteroatoms. The third-order valence-electron chi connectivity index (χ3n) is 2.11. The molecule has 2 aromatic rings. The van der Waals surface area contributed by atoms with Gasteiger partial charge in [0.2, 0.25) is 0 Å². The summed E-state index contributed by atoms with van der Waals surface area (Å²) in [6, 6.07) is 6.31. The Balaban J connectivity index is 2.68. The van der Waals surface area contributed by atoms with Crippen molar-refractivity contribution in [2.24, 2.45) is 0 Å². The van der Waals surface area contributed by atoms with E-state index in [4.69, 9.17) is 5.73 Å². The third-order valence-corrected chi connectivity index (χ3v) is 3.52. The molecule has 0 saturated heterocycles. The number of aromatic nitrogens is 1. The Morgan fingerprint density at radius 3 is 2.69 bits per heavy atom. The predicted octanol–water partition coefficient (Wildman–Crippen LogP) is 3.99. The van der Waals surface area contributed by atoms with Gasteiger partial charge in [-0.1, -0.05) is 12.1 Å². The Bertz CT molecular complexity index is 544. The molecule has 0 spiro atoms. The van der Waals surface area contributed by atoms with Gasteiger partial charge in [-0.25, -0.2) is 9.37 Å². The number of nitrogens with zero attached hydrogens (tertiary/aromatic N) is 1. The average molecular weight is 346 g/mol. The maximum absolute atomic E-state index is 13.1. The summed E-state index contributed by atoms with van der Waals surface area (Å²) >= 11 is 6.72.